The molecule has 0 amide bonds. The molecule has 1 aromatic carbocycles. The summed E-state index contributed by atoms with van der Waals surface area (Å²) in [7, 11) is 0. The van der Waals surface area contributed by atoms with E-state index < -0.39 is 91.0 Å². The fourth-order valence-electron chi connectivity index (χ4n) is 7.09. The van der Waals surface area contributed by atoms with Crippen LogP contribution in [0.3, 0.4) is 0 Å². The van der Waals surface area contributed by atoms with Crippen LogP contribution in [0.25, 0.3) is 0 Å². The van der Waals surface area contributed by atoms with Gasteiger partial charge in [0.25, 0.3) is 0 Å². The van der Waals surface area contributed by atoms with E-state index in [9.17, 15) is 28.8 Å². The second-order valence-corrected chi connectivity index (χ2v) is 16.9. The van der Waals surface area contributed by atoms with Crippen molar-refractivity contribution in [1.82, 2.24) is 32.1 Å². The summed E-state index contributed by atoms with van der Waals surface area (Å²) in [5.74, 6) is -4.49. The van der Waals surface area contributed by atoms with Crippen molar-refractivity contribution >= 4 is 46.6 Å². The Morgan fingerprint density at radius 1 is 0.714 bits per heavy atom. The van der Waals surface area contributed by atoms with E-state index in [4.69, 9.17) is 22.9 Å². The molecule has 0 aliphatic carbocycles. The van der Waals surface area contributed by atoms with Gasteiger partial charge < -0.3 is 28.3 Å². The van der Waals surface area contributed by atoms with Gasteiger partial charge in [-0.05, 0) is 62.3 Å². The molecule has 0 saturated carbocycles. The van der Waals surface area contributed by atoms with Gasteiger partial charge in [-0.3, -0.25) is 54.7 Å². The molecule has 8 atom stereocenters. The molecule has 0 spiro atoms. The zero-order valence-corrected chi connectivity index (χ0v) is 37.3. The number of aliphatic imine (C=N–C) groups is 2. The van der Waals surface area contributed by atoms with Crippen molar-refractivity contribution in [2.75, 3.05) is 39.4 Å². The minimum Gasteiger partial charge on any atom is -0.370 e. The summed E-state index contributed by atoms with van der Waals surface area (Å²) in [6.45, 7) is 6.29. The summed E-state index contributed by atoms with van der Waals surface area (Å²) in [6.07, 6.45) is -2.87. The lowest BCUT2D eigenvalue weighted by Gasteiger charge is -2.26. The first-order valence-electron chi connectivity index (χ1n) is 21.9. The first-order chi connectivity index (χ1) is 29.9. The van der Waals surface area contributed by atoms with Crippen LogP contribution in [0.5, 0.6) is 0 Å². The van der Waals surface area contributed by atoms with E-state index in [2.05, 4.69) is 42.1 Å². The zero-order valence-electron chi connectivity index (χ0n) is 37.3. The molecule has 354 valence electrons. The average molecular weight is 891 g/mol. The monoisotopic (exact) mass is 891 g/mol. The Kier molecular flexibility index (Phi) is 25.7. The Labute approximate surface area is 370 Å². The van der Waals surface area contributed by atoms with Gasteiger partial charge in [0, 0.05) is 38.5 Å². The largest absolute Gasteiger partial charge is 0.370 e. The number of hydrazine groups is 1. The summed E-state index contributed by atoms with van der Waals surface area (Å²) in [5.41, 5.74) is 28.6. The van der Waals surface area contributed by atoms with Gasteiger partial charge in [0.15, 0.2) is 41.3 Å². The Morgan fingerprint density at radius 3 is 1.94 bits per heavy atom. The van der Waals surface area contributed by atoms with Gasteiger partial charge >= 0.3 is 0 Å². The molecular formula is C43H72F2N12O6. The minimum atomic E-state index is -1.84. The van der Waals surface area contributed by atoms with Crippen LogP contribution < -0.4 is 55.1 Å². The van der Waals surface area contributed by atoms with E-state index in [-0.39, 0.29) is 87.9 Å². The molecular weight excluding hydrogens is 819 g/mol. The van der Waals surface area contributed by atoms with Crippen molar-refractivity contribution in [3.63, 3.8) is 0 Å². The molecule has 14 N–H and O–H groups in total. The standard InChI is InChI=1S/C43H72F2N12O6/c1-26(2)16-35-38(61)21-31(59)23-53-40(45)18-27(3)17-37(60)33(12-8-14-51-42(46)47)54-25-55-34(13-9-15-52-43(48)49)41(63)28(4)32(44)20-30(58)22-50-24-39(62)36(57-56-35)19-29-10-6-5-7-11-29/h5-7,10-11,26-28,32-36,40,50,53-57H,8-9,12-25H2,1-4H3,(H4,46,47,51)(H4,48,49,52)/t27?,28?,32?,33-,34-,35-,36-,40?/m0/s1. The SMILES string of the molecule is CC(C)C[C@@H]1NN[C@@H](Cc2ccccc2)C(=O)CNCC(=O)CC(F)C(C)C(=O)[C@H](CCCN=C(N)N)NCN[C@@H](CCCN=C(N)N)C(=O)CC(C)CC(F)NCC(=O)CC1=O. The number of hydrogen-bond acceptors (Lipinski definition) is 14. The van der Waals surface area contributed by atoms with Gasteiger partial charge in [0.2, 0.25) is 0 Å². The molecule has 0 radical (unpaired) electrons. The number of Topliss-reactive ketones (excluding diaryl/α,β-unsaturated/α-hetero) is 6. The Bertz CT molecular complexity index is 1660. The highest BCUT2D eigenvalue weighted by Gasteiger charge is 2.32. The van der Waals surface area contributed by atoms with Crippen LogP contribution in [-0.4, -0.2) is 123 Å². The van der Waals surface area contributed by atoms with Gasteiger partial charge in [0.1, 0.15) is 17.7 Å². The molecule has 4 unspecified atom stereocenters. The quantitative estimate of drug-likeness (QED) is 0.0440. The number of nitrogens with two attached hydrogens (primary N) is 4. The lowest BCUT2D eigenvalue weighted by Crippen LogP contribution is -2.55. The zero-order chi connectivity index (χ0) is 46.9. The molecule has 63 heavy (non-hydrogen) atoms. The molecule has 18 nitrogen and oxygen atoms in total. The van der Waals surface area contributed by atoms with Crippen LogP contribution in [0.1, 0.15) is 91.0 Å². The third-order valence-corrected chi connectivity index (χ3v) is 10.6. The average Bonchev–Trinajstić information content (AvgIpc) is 3.21. The summed E-state index contributed by atoms with van der Waals surface area (Å²) < 4.78 is 30.9. The molecule has 1 aromatic rings. The Morgan fingerprint density at radius 2 is 1.32 bits per heavy atom. The molecule has 1 heterocycles. The van der Waals surface area contributed by atoms with E-state index in [0.717, 1.165) is 5.56 Å². The van der Waals surface area contributed by atoms with E-state index in [0.29, 0.717) is 25.7 Å². The number of nitrogens with zero attached hydrogens (tertiary/aromatic N) is 2. The molecule has 1 aliphatic rings. The predicted molar refractivity (Wildman–Crippen MR) is 239 cm³/mol. The van der Waals surface area contributed by atoms with Crippen molar-refractivity contribution in [2.45, 2.75) is 129 Å². The first kappa shape index (κ1) is 54.5. The Hall–Kier alpha value is -4.60. The van der Waals surface area contributed by atoms with Gasteiger partial charge in [-0.25, -0.2) is 19.6 Å². The number of alkyl halides is 2. The van der Waals surface area contributed by atoms with Gasteiger partial charge in [-0.2, -0.15) is 0 Å². The number of halogens is 2. The van der Waals surface area contributed by atoms with Crippen LogP contribution in [0.15, 0.2) is 40.3 Å². The van der Waals surface area contributed by atoms with Crippen molar-refractivity contribution in [3.8, 4) is 0 Å². The van der Waals surface area contributed by atoms with Crippen molar-refractivity contribution in [2.24, 2.45) is 50.7 Å². The van der Waals surface area contributed by atoms with Crippen molar-refractivity contribution in [3.05, 3.63) is 35.9 Å². The minimum absolute atomic E-state index is 0.0225. The number of guanidine groups is 2. The fourth-order valence-corrected chi connectivity index (χ4v) is 7.09. The fraction of sp³-hybridized carbons (Fsp3) is 0.674. The van der Waals surface area contributed by atoms with Crippen LogP contribution in [0.2, 0.25) is 0 Å². The molecule has 1 aliphatic heterocycles. The third-order valence-electron chi connectivity index (χ3n) is 10.6. The highest BCUT2D eigenvalue weighted by Crippen LogP contribution is 2.18. The molecule has 1 fully saturated rings. The van der Waals surface area contributed by atoms with Crippen molar-refractivity contribution < 1.29 is 37.5 Å². The summed E-state index contributed by atoms with van der Waals surface area (Å²) in [5, 5.41) is 11.5. The van der Waals surface area contributed by atoms with Crippen LogP contribution in [-0.2, 0) is 35.2 Å². The normalized spacial score (nSPS) is 26.8. The van der Waals surface area contributed by atoms with Crippen LogP contribution >= 0.6 is 0 Å². The van der Waals surface area contributed by atoms with Gasteiger partial charge in [-0.1, -0.05) is 58.0 Å². The molecule has 1 saturated heterocycles. The summed E-state index contributed by atoms with van der Waals surface area (Å²) in [6, 6.07) is 5.74. The van der Waals surface area contributed by atoms with E-state index in [1.165, 1.54) is 6.92 Å². The second kappa shape index (κ2) is 29.7. The third kappa shape index (κ3) is 23.1. The second-order valence-electron chi connectivity index (χ2n) is 16.9. The van der Waals surface area contributed by atoms with Crippen LogP contribution in [0, 0.1) is 17.8 Å². The highest BCUT2D eigenvalue weighted by atomic mass is 19.1. The first-order valence-corrected chi connectivity index (χ1v) is 21.9. The molecule has 2 rings (SSSR count). The molecule has 0 aromatic heterocycles. The van der Waals surface area contributed by atoms with Gasteiger partial charge in [-0.15, -0.1) is 0 Å². The maximum Gasteiger partial charge on any atom is 0.185 e. The van der Waals surface area contributed by atoms with Crippen LogP contribution in [0.4, 0.5) is 8.78 Å². The predicted octanol–water partition coefficient (Wildman–Crippen LogP) is 0.161. The maximum atomic E-state index is 15.7. The van der Waals surface area contributed by atoms with E-state index in [1.807, 2.05) is 44.2 Å². The lowest BCUT2D eigenvalue weighted by atomic mass is 9.90. The van der Waals surface area contributed by atoms with Crippen molar-refractivity contribution in [1.29, 1.82) is 0 Å². The molecule has 0 bridgehead atoms. The Balaban J connectivity index is 2.37. The number of ketones is 6. The number of rotatable bonds is 12. The van der Waals surface area contributed by atoms with E-state index >= 15 is 8.78 Å². The number of hydrogen-bond donors (Lipinski definition) is 10. The van der Waals surface area contributed by atoms with E-state index in [1.54, 1.807) is 6.92 Å². The summed E-state index contributed by atoms with van der Waals surface area (Å²) >= 11 is 0. The lowest BCUT2D eigenvalue weighted by molar-refractivity contribution is -0.130. The number of carbonyl (C=O) groups is 6. The summed E-state index contributed by atoms with van der Waals surface area (Å²) in [4.78, 5) is 88.2. The maximum absolute atomic E-state index is 15.7. The highest BCUT2D eigenvalue weighted by molar-refractivity contribution is 6.02. The number of carbonyl (C=O) groups excluding carboxylic acids is 6. The number of benzene rings is 1. The topological polar surface area (TPSA) is 303 Å². The number of nitrogens with one attached hydrogen (secondary N) is 6. The molecule has 20 heteroatoms. The van der Waals surface area contributed by atoms with Gasteiger partial charge in [0.05, 0.1) is 50.2 Å². The smallest absolute Gasteiger partial charge is 0.185 e.